The van der Waals surface area contributed by atoms with Crippen molar-refractivity contribution in [3.05, 3.63) is 88.4 Å². The standard InChI is InChI=1S/C23H16ClN3O4S/c1-31-18-11-10-13(24)12-16(18)20(28)26-23(32)25-17-9-5-8-15-19(17)22(30)27(21(15)29)14-6-3-2-4-7-14/h2-12H,1H3,(H2,25,26,28,32). The number of benzene rings is 3. The molecule has 32 heavy (non-hydrogen) atoms. The van der Waals surface area contributed by atoms with Gasteiger partial charge in [-0.3, -0.25) is 19.7 Å². The Morgan fingerprint density at radius 3 is 2.47 bits per heavy atom. The van der Waals surface area contributed by atoms with Gasteiger partial charge < -0.3 is 10.1 Å². The minimum Gasteiger partial charge on any atom is -0.496 e. The zero-order chi connectivity index (χ0) is 22.8. The summed E-state index contributed by atoms with van der Waals surface area (Å²) in [6.45, 7) is 0. The molecule has 0 aliphatic carbocycles. The fourth-order valence-electron chi connectivity index (χ4n) is 3.38. The van der Waals surface area contributed by atoms with Crippen molar-refractivity contribution in [3.63, 3.8) is 0 Å². The van der Waals surface area contributed by atoms with E-state index in [2.05, 4.69) is 10.6 Å². The van der Waals surface area contributed by atoms with Crippen LogP contribution in [0.3, 0.4) is 0 Å². The number of hydrogen-bond acceptors (Lipinski definition) is 5. The zero-order valence-corrected chi connectivity index (χ0v) is 18.3. The number of anilines is 2. The summed E-state index contributed by atoms with van der Waals surface area (Å²) < 4.78 is 5.19. The summed E-state index contributed by atoms with van der Waals surface area (Å²) in [6.07, 6.45) is 0. The topological polar surface area (TPSA) is 87.7 Å². The van der Waals surface area contributed by atoms with Gasteiger partial charge in [-0.15, -0.1) is 0 Å². The first-order chi connectivity index (χ1) is 15.4. The molecule has 0 radical (unpaired) electrons. The van der Waals surface area contributed by atoms with E-state index in [9.17, 15) is 14.4 Å². The summed E-state index contributed by atoms with van der Waals surface area (Å²) in [5, 5.41) is 5.69. The van der Waals surface area contributed by atoms with Crippen molar-refractivity contribution in [2.45, 2.75) is 0 Å². The SMILES string of the molecule is COc1ccc(Cl)cc1C(=O)NC(=S)Nc1cccc2c1C(=O)N(c1ccccc1)C2=O. The van der Waals surface area contributed by atoms with Crippen molar-refractivity contribution >= 4 is 58.0 Å². The maximum Gasteiger partial charge on any atom is 0.268 e. The minimum atomic E-state index is -0.539. The van der Waals surface area contributed by atoms with Crippen molar-refractivity contribution in [2.75, 3.05) is 17.3 Å². The number of thiocarbonyl (C=S) groups is 1. The second-order valence-electron chi connectivity index (χ2n) is 6.76. The van der Waals surface area contributed by atoms with Gasteiger partial charge in [0.05, 0.1) is 35.2 Å². The Kier molecular flexibility index (Phi) is 5.89. The van der Waals surface area contributed by atoms with E-state index in [1.165, 1.54) is 13.2 Å². The number of fused-ring (bicyclic) bond motifs is 1. The molecule has 160 valence electrons. The monoisotopic (exact) mass is 465 g/mol. The van der Waals surface area contributed by atoms with Gasteiger partial charge in [-0.1, -0.05) is 35.9 Å². The molecule has 3 amide bonds. The number of carbonyl (C=O) groups excluding carboxylic acids is 3. The molecular formula is C23H16ClN3O4S. The van der Waals surface area contributed by atoms with Crippen LogP contribution in [0.15, 0.2) is 66.7 Å². The van der Waals surface area contributed by atoms with Crippen LogP contribution < -0.4 is 20.3 Å². The number of para-hydroxylation sites is 1. The highest BCUT2D eigenvalue weighted by atomic mass is 35.5. The molecular weight excluding hydrogens is 450 g/mol. The van der Waals surface area contributed by atoms with E-state index in [1.54, 1.807) is 60.7 Å². The smallest absolute Gasteiger partial charge is 0.268 e. The predicted octanol–water partition coefficient (Wildman–Crippen LogP) is 4.28. The van der Waals surface area contributed by atoms with E-state index in [0.29, 0.717) is 22.1 Å². The molecule has 0 fully saturated rings. The highest BCUT2D eigenvalue weighted by molar-refractivity contribution is 7.80. The summed E-state index contributed by atoms with van der Waals surface area (Å²) in [4.78, 5) is 39.7. The van der Waals surface area contributed by atoms with Crippen LogP contribution in [-0.4, -0.2) is 29.9 Å². The number of nitrogens with one attached hydrogen (secondary N) is 2. The summed E-state index contributed by atoms with van der Waals surface area (Å²) in [6, 6.07) is 18.1. The Balaban J connectivity index is 1.57. The molecule has 0 unspecified atom stereocenters. The van der Waals surface area contributed by atoms with E-state index in [1.807, 2.05) is 0 Å². The van der Waals surface area contributed by atoms with Crippen LogP contribution >= 0.6 is 23.8 Å². The quantitative estimate of drug-likeness (QED) is 0.442. The van der Waals surface area contributed by atoms with Gasteiger partial charge in [-0.2, -0.15) is 0 Å². The summed E-state index contributed by atoms with van der Waals surface area (Å²) >= 11 is 11.2. The number of methoxy groups -OCH3 is 1. The predicted molar refractivity (Wildman–Crippen MR) is 126 cm³/mol. The van der Waals surface area contributed by atoms with Gasteiger partial charge in [0.2, 0.25) is 0 Å². The average Bonchev–Trinajstić information content (AvgIpc) is 3.05. The summed E-state index contributed by atoms with van der Waals surface area (Å²) in [5.74, 6) is -1.12. The van der Waals surface area contributed by atoms with Crippen LogP contribution in [0.1, 0.15) is 31.1 Å². The van der Waals surface area contributed by atoms with Crippen LogP contribution in [0.5, 0.6) is 5.75 Å². The molecule has 2 N–H and O–H groups in total. The van der Waals surface area contributed by atoms with Crippen molar-refractivity contribution in [3.8, 4) is 5.75 Å². The molecule has 1 aliphatic rings. The third kappa shape index (κ3) is 3.93. The third-order valence-electron chi connectivity index (χ3n) is 4.81. The Bertz CT molecular complexity index is 1260. The molecule has 1 heterocycles. The number of carbonyl (C=O) groups is 3. The largest absolute Gasteiger partial charge is 0.496 e. The lowest BCUT2D eigenvalue weighted by molar-refractivity contribution is 0.0924. The Labute approximate surface area is 193 Å². The molecule has 3 aromatic rings. The number of halogens is 1. The average molecular weight is 466 g/mol. The zero-order valence-electron chi connectivity index (χ0n) is 16.7. The first kappa shape index (κ1) is 21.5. The minimum absolute atomic E-state index is 0.0520. The van der Waals surface area contributed by atoms with E-state index >= 15 is 0 Å². The number of nitrogens with zero attached hydrogens (tertiary/aromatic N) is 1. The molecule has 1 aliphatic heterocycles. The summed E-state index contributed by atoms with van der Waals surface area (Å²) in [5.41, 5.74) is 1.40. The first-order valence-corrected chi connectivity index (χ1v) is 10.2. The Morgan fingerprint density at radius 1 is 1.00 bits per heavy atom. The van der Waals surface area contributed by atoms with Gasteiger partial charge in [-0.05, 0) is 54.7 Å². The van der Waals surface area contributed by atoms with Crippen molar-refractivity contribution < 1.29 is 19.1 Å². The first-order valence-electron chi connectivity index (χ1n) is 9.43. The number of ether oxygens (including phenoxy) is 1. The van der Waals surface area contributed by atoms with Gasteiger partial charge >= 0.3 is 0 Å². The number of amides is 3. The fourth-order valence-corrected chi connectivity index (χ4v) is 3.76. The van der Waals surface area contributed by atoms with Gasteiger partial charge in [0.15, 0.2) is 5.11 Å². The van der Waals surface area contributed by atoms with Crippen molar-refractivity contribution in [1.82, 2.24) is 5.32 Å². The molecule has 7 nitrogen and oxygen atoms in total. The molecule has 0 atom stereocenters. The summed E-state index contributed by atoms with van der Waals surface area (Å²) in [7, 11) is 1.44. The number of hydrogen-bond donors (Lipinski definition) is 2. The van der Waals surface area contributed by atoms with Crippen molar-refractivity contribution in [1.29, 1.82) is 0 Å². The normalized spacial score (nSPS) is 12.4. The third-order valence-corrected chi connectivity index (χ3v) is 5.25. The Morgan fingerprint density at radius 2 is 1.75 bits per heavy atom. The lowest BCUT2D eigenvalue weighted by Crippen LogP contribution is -2.35. The van der Waals surface area contributed by atoms with E-state index < -0.39 is 17.7 Å². The van der Waals surface area contributed by atoms with Crippen LogP contribution in [0.4, 0.5) is 11.4 Å². The second-order valence-corrected chi connectivity index (χ2v) is 7.61. The molecule has 0 spiro atoms. The maximum absolute atomic E-state index is 13.1. The van der Waals surface area contributed by atoms with Gasteiger partial charge in [-0.25, -0.2) is 4.90 Å². The lowest BCUT2D eigenvalue weighted by Gasteiger charge is -2.15. The maximum atomic E-state index is 13.1. The fraction of sp³-hybridized carbons (Fsp3) is 0.0435. The van der Waals surface area contributed by atoms with Crippen LogP contribution in [0.25, 0.3) is 0 Å². The van der Waals surface area contributed by atoms with Crippen LogP contribution in [0, 0.1) is 0 Å². The van der Waals surface area contributed by atoms with Gasteiger partial charge in [0.1, 0.15) is 5.75 Å². The lowest BCUT2D eigenvalue weighted by atomic mass is 10.1. The van der Waals surface area contributed by atoms with Crippen LogP contribution in [0.2, 0.25) is 5.02 Å². The molecule has 0 saturated heterocycles. The van der Waals surface area contributed by atoms with E-state index in [0.717, 1.165) is 4.90 Å². The molecule has 3 aromatic carbocycles. The molecule has 0 bridgehead atoms. The van der Waals surface area contributed by atoms with Crippen molar-refractivity contribution in [2.24, 2.45) is 0 Å². The molecule has 4 rings (SSSR count). The van der Waals surface area contributed by atoms with Gasteiger partial charge in [0.25, 0.3) is 17.7 Å². The Hall–Kier alpha value is -3.75. The molecule has 9 heteroatoms. The van der Waals surface area contributed by atoms with E-state index in [-0.39, 0.29) is 21.8 Å². The highest BCUT2D eigenvalue weighted by Gasteiger charge is 2.38. The van der Waals surface area contributed by atoms with Crippen LogP contribution in [-0.2, 0) is 0 Å². The van der Waals surface area contributed by atoms with E-state index in [4.69, 9.17) is 28.6 Å². The second kappa shape index (κ2) is 8.78. The number of rotatable bonds is 4. The highest BCUT2D eigenvalue weighted by Crippen LogP contribution is 2.32. The molecule has 0 aromatic heterocycles. The number of imide groups is 1. The molecule has 0 saturated carbocycles. The van der Waals surface area contributed by atoms with Gasteiger partial charge in [0, 0.05) is 5.02 Å².